The molecule has 0 fully saturated rings. The van der Waals surface area contributed by atoms with Gasteiger partial charge in [0.2, 0.25) is 0 Å². The molecule has 0 heterocycles. The SMILES string of the molecule is Cc1c(C(C)C)cccc1[N+](=O)[O-]. The minimum atomic E-state index is -0.332. The summed E-state index contributed by atoms with van der Waals surface area (Å²) in [7, 11) is 0. The molecule has 0 unspecified atom stereocenters. The van der Waals surface area contributed by atoms with E-state index in [0.29, 0.717) is 5.92 Å². The third-order valence-electron chi connectivity index (χ3n) is 2.17. The Hall–Kier alpha value is -1.38. The van der Waals surface area contributed by atoms with Crippen LogP contribution in [0, 0.1) is 17.0 Å². The summed E-state index contributed by atoms with van der Waals surface area (Å²) in [5.41, 5.74) is 2.04. The van der Waals surface area contributed by atoms with E-state index in [0.717, 1.165) is 11.1 Å². The van der Waals surface area contributed by atoms with E-state index in [4.69, 9.17) is 0 Å². The van der Waals surface area contributed by atoms with Crippen LogP contribution in [0.2, 0.25) is 0 Å². The minimum Gasteiger partial charge on any atom is -0.258 e. The van der Waals surface area contributed by atoms with Gasteiger partial charge < -0.3 is 0 Å². The van der Waals surface area contributed by atoms with Gasteiger partial charge in [-0.3, -0.25) is 10.1 Å². The van der Waals surface area contributed by atoms with Gasteiger partial charge in [0.05, 0.1) is 4.92 Å². The van der Waals surface area contributed by atoms with Gasteiger partial charge in [0.25, 0.3) is 5.69 Å². The lowest BCUT2D eigenvalue weighted by Crippen LogP contribution is -1.97. The summed E-state index contributed by atoms with van der Waals surface area (Å²) in [6, 6.07) is 5.22. The summed E-state index contributed by atoms with van der Waals surface area (Å²) in [6.45, 7) is 5.87. The summed E-state index contributed by atoms with van der Waals surface area (Å²) in [6.07, 6.45) is 0. The summed E-state index contributed by atoms with van der Waals surface area (Å²) < 4.78 is 0. The zero-order chi connectivity index (χ0) is 10.0. The van der Waals surface area contributed by atoms with Crippen molar-refractivity contribution < 1.29 is 4.92 Å². The fraction of sp³-hybridized carbons (Fsp3) is 0.400. The Kier molecular flexibility index (Phi) is 2.66. The average molecular weight is 179 g/mol. The predicted molar refractivity (Wildman–Crippen MR) is 51.9 cm³/mol. The third kappa shape index (κ3) is 1.86. The highest BCUT2D eigenvalue weighted by Crippen LogP contribution is 2.26. The van der Waals surface area contributed by atoms with Gasteiger partial charge in [-0.1, -0.05) is 26.0 Å². The van der Waals surface area contributed by atoms with Crippen molar-refractivity contribution in [3.8, 4) is 0 Å². The molecule has 0 atom stereocenters. The molecule has 0 aliphatic carbocycles. The normalized spacial score (nSPS) is 10.5. The van der Waals surface area contributed by atoms with E-state index >= 15 is 0 Å². The molecule has 0 saturated heterocycles. The molecular formula is C10H13NO2. The van der Waals surface area contributed by atoms with Crippen molar-refractivity contribution in [2.45, 2.75) is 26.7 Å². The molecule has 0 N–H and O–H groups in total. The van der Waals surface area contributed by atoms with Crippen LogP contribution in [0.1, 0.15) is 30.9 Å². The molecular weight excluding hydrogens is 166 g/mol. The number of nitro groups is 1. The van der Waals surface area contributed by atoms with Crippen LogP contribution < -0.4 is 0 Å². The molecule has 0 saturated carbocycles. The Bertz CT molecular complexity index is 332. The topological polar surface area (TPSA) is 43.1 Å². The molecule has 0 aromatic heterocycles. The van der Waals surface area contributed by atoms with E-state index in [2.05, 4.69) is 0 Å². The standard InChI is InChI=1S/C10H13NO2/c1-7(2)9-5-4-6-10(8(9)3)11(12)13/h4-7H,1-3H3. The highest BCUT2D eigenvalue weighted by Gasteiger charge is 2.14. The predicted octanol–water partition coefficient (Wildman–Crippen LogP) is 3.03. The lowest BCUT2D eigenvalue weighted by atomic mass is 9.97. The number of benzene rings is 1. The first-order valence-corrected chi connectivity index (χ1v) is 4.28. The van der Waals surface area contributed by atoms with Crippen molar-refractivity contribution in [3.05, 3.63) is 39.4 Å². The zero-order valence-electron chi connectivity index (χ0n) is 8.07. The van der Waals surface area contributed by atoms with Gasteiger partial charge in [-0.15, -0.1) is 0 Å². The van der Waals surface area contributed by atoms with Gasteiger partial charge in [0.1, 0.15) is 0 Å². The lowest BCUT2D eigenvalue weighted by Gasteiger charge is -2.08. The van der Waals surface area contributed by atoms with Gasteiger partial charge >= 0.3 is 0 Å². The number of hydrogen-bond acceptors (Lipinski definition) is 2. The lowest BCUT2D eigenvalue weighted by molar-refractivity contribution is -0.385. The van der Waals surface area contributed by atoms with Crippen LogP contribution in [0.4, 0.5) is 5.69 Å². The Morgan fingerprint density at radius 1 is 1.38 bits per heavy atom. The van der Waals surface area contributed by atoms with Crippen LogP contribution >= 0.6 is 0 Å². The van der Waals surface area contributed by atoms with Crippen LogP contribution in [-0.2, 0) is 0 Å². The monoisotopic (exact) mass is 179 g/mol. The maximum atomic E-state index is 10.6. The quantitative estimate of drug-likeness (QED) is 0.517. The molecule has 3 nitrogen and oxygen atoms in total. The molecule has 0 aliphatic heterocycles. The Balaban J connectivity index is 3.26. The summed E-state index contributed by atoms with van der Waals surface area (Å²) in [5, 5.41) is 10.6. The van der Waals surface area contributed by atoms with Crippen molar-refractivity contribution in [3.63, 3.8) is 0 Å². The van der Waals surface area contributed by atoms with Crippen molar-refractivity contribution in [2.24, 2.45) is 0 Å². The molecule has 0 spiro atoms. The second kappa shape index (κ2) is 3.56. The first kappa shape index (κ1) is 9.71. The molecule has 0 radical (unpaired) electrons. The fourth-order valence-electron chi connectivity index (χ4n) is 1.46. The highest BCUT2D eigenvalue weighted by atomic mass is 16.6. The van der Waals surface area contributed by atoms with Crippen LogP contribution in [0.5, 0.6) is 0 Å². The molecule has 0 bridgehead atoms. The Morgan fingerprint density at radius 3 is 2.46 bits per heavy atom. The van der Waals surface area contributed by atoms with Crippen LogP contribution in [0.3, 0.4) is 0 Å². The molecule has 70 valence electrons. The Morgan fingerprint density at radius 2 is 2.00 bits per heavy atom. The van der Waals surface area contributed by atoms with Crippen LogP contribution in [0.15, 0.2) is 18.2 Å². The molecule has 0 aliphatic rings. The molecule has 13 heavy (non-hydrogen) atoms. The van der Waals surface area contributed by atoms with Crippen LogP contribution in [0.25, 0.3) is 0 Å². The number of hydrogen-bond donors (Lipinski definition) is 0. The molecule has 1 aromatic rings. The summed E-state index contributed by atoms with van der Waals surface area (Å²) in [5.74, 6) is 0.333. The second-order valence-corrected chi connectivity index (χ2v) is 3.40. The first-order chi connectivity index (χ1) is 6.04. The molecule has 1 rings (SSSR count). The minimum absolute atomic E-state index is 0.214. The van der Waals surface area contributed by atoms with Gasteiger partial charge in [0, 0.05) is 11.6 Å². The zero-order valence-corrected chi connectivity index (χ0v) is 8.07. The van der Waals surface area contributed by atoms with E-state index in [-0.39, 0.29) is 10.6 Å². The molecule has 0 amide bonds. The van der Waals surface area contributed by atoms with Crippen molar-refractivity contribution in [1.29, 1.82) is 0 Å². The van der Waals surface area contributed by atoms with Crippen LogP contribution in [-0.4, -0.2) is 4.92 Å². The van der Waals surface area contributed by atoms with E-state index in [1.54, 1.807) is 19.1 Å². The van der Waals surface area contributed by atoms with E-state index in [9.17, 15) is 10.1 Å². The summed E-state index contributed by atoms with van der Waals surface area (Å²) >= 11 is 0. The average Bonchev–Trinajstić information content (AvgIpc) is 2.03. The maximum Gasteiger partial charge on any atom is 0.272 e. The number of nitro benzene ring substituents is 1. The van der Waals surface area contributed by atoms with Gasteiger partial charge in [-0.25, -0.2) is 0 Å². The summed E-state index contributed by atoms with van der Waals surface area (Å²) in [4.78, 5) is 10.3. The third-order valence-corrected chi connectivity index (χ3v) is 2.17. The van der Waals surface area contributed by atoms with Gasteiger partial charge in [0.15, 0.2) is 0 Å². The molecule has 3 heteroatoms. The van der Waals surface area contributed by atoms with Crippen molar-refractivity contribution >= 4 is 5.69 Å². The maximum absolute atomic E-state index is 10.6. The van der Waals surface area contributed by atoms with Crippen molar-refractivity contribution in [1.82, 2.24) is 0 Å². The molecule has 1 aromatic carbocycles. The number of nitrogens with zero attached hydrogens (tertiary/aromatic N) is 1. The highest BCUT2D eigenvalue weighted by molar-refractivity contribution is 5.45. The second-order valence-electron chi connectivity index (χ2n) is 3.40. The van der Waals surface area contributed by atoms with E-state index in [1.165, 1.54) is 0 Å². The van der Waals surface area contributed by atoms with E-state index < -0.39 is 0 Å². The van der Waals surface area contributed by atoms with Gasteiger partial charge in [-0.05, 0) is 18.4 Å². The number of rotatable bonds is 2. The Labute approximate surface area is 77.5 Å². The fourth-order valence-corrected chi connectivity index (χ4v) is 1.46. The smallest absolute Gasteiger partial charge is 0.258 e. The van der Waals surface area contributed by atoms with E-state index in [1.807, 2.05) is 19.9 Å². The van der Waals surface area contributed by atoms with Crippen molar-refractivity contribution in [2.75, 3.05) is 0 Å². The largest absolute Gasteiger partial charge is 0.272 e. The first-order valence-electron chi connectivity index (χ1n) is 4.28. The van der Waals surface area contributed by atoms with Gasteiger partial charge in [-0.2, -0.15) is 0 Å².